The zero-order valence-electron chi connectivity index (χ0n) is 11.2. The number of hydrogen-bond donors (Lipinski definition) is 1. The summed E-state index contributed by atoms with van der Waals surface area (Å²) in [6, 6.07) is 7.89. The van der Waals surface area contributed by atoms with Crippen LogP contribution in [0.4, 0.5) is 5.69 Å². The predicted molar refractivity (Wildman–Crippen MR) is 82.7 cm³/mol. The van der Waals surface area contributed by atoms with Crippen LogP contribution in [0.3, 0.4) is 0 Å². The van der Waals surface area contributed by atoms with Crippen molar-refractivity contribution in [2.75, 3.05) is 5.73 Å². The molecule has 3 nitrogen and oxygen atoms in total. The van der Waals surface area contributed by atoms with Crippen molar-refractivity contribution in [1.29, 1.82) is 0 Å². The van der Waals surface area contributed by atoms with Crippen molar-refractivity contribution in [3.8, 4) is 0 Å². The molecule has 0 radical (unpaired) electrons. The van der Waals surface area contributed by atoms with E-state index in [-0.39, 0.29) is 0 Å². The summed E-state index contributed by atoms with van der Waals surface area (Å²) in [5.74, 6) is 0.809. The Bertz CT molecular complexity index is 566. The standard InChI is InChI=1S/C14H18ClN3S/c1-3-12-14(15)13(18(4-2)17-12)9-19-11-7-5-6-10(16)8-11/h5-8H,3-4,9,16H2,1-2H3. The molecule has 2 rings (SSSR count). The van der Waals surface area contributed by atoms with Crippen molar-refractivity contribution >= 4 is 29.1 Å². The lowest BCUT2D eigenvalue weighted by molar-refractivity contribution is 0.628. The molecule has 1 heterocycles. The quantitative estimate of drug-likeness (QED) is 0.670. The third kappa shape index (κ3) is 3.25. The van der Waals surface area contributed by atoms with Gasteiger partial charge in [0.05, 0.1) is 16.4 Å². The van der Waals surface area contributed by atoms with E-state index < -0.39 is 0 Å². The van der Waals surface area contributed by atoms with Gasteiger partial charge in [-0.2, -0.15) is 5.10 Å². The molecule has 0 unspecified atom stereocenters. The third-order valence-electron chi connectivity index (χ3n) is 2.93. The Morgan fingerprint density at radius 2 is 2.16 bits per heavy atom. The minimum atomic E-state index is 0.786. The van der Waals surface area contributed by atoms with E-state index in [0.717, 1.165) is 45.7 Å². The summed E-state index contributed by atoms with van der Waals surface area (Å²) < 4.78 is 1.99. The summed E-state index contributed by atoms with van der Waals surface area (Å²) in [7, 11) is 0. The van der Waals surface area contributed by atoms with Gasteiger partial charge in [-0.3, -0.25) is 4.68 Å². The van der Waals surface area contributed by atoms with Crippen LogP contribution in [0.2, 0.25) is 5.02 Å². The number of anilines is 1. The lowest BCUT2D eigenvalue weighted by Crippen LogP contribution is -2.01. The Hall–Kier alpha value is -1.13. The van der Waals surface area contributed by atoms with Gasteiger partial charge in [-0.05, 0) is 31.5 Å². The molecule has 1 aromatic carbocycles. The smallest absolute Gasteiger partial charge is 0.0858 e. The number of benzene rings is 1. The van der Waals surface area contributed by atoms with E-state index in [4.69, 9.17) is 17.3 Å². The molecule has 2 aromatic rings. The van der Waals surface area contributed by atoms with E-state index in [0.29, 0.717) is 0 Å². The van der Waals surface area contributed by atoms with E-state index in [1.807, 2.05) is 22.9 Å². The Kier molecular flexibility index (Phi) is 4.77. The van der Waals surface area contributed by atoms with Gasteiger partial charge in [0.25, 0.3) is 0 Å². The largest absolute Gasteiger partial charge is 0.399 e. The first-order valence-electron chi connectivity index (χ1n) is 6.38. The number of aromatic nitrogens is 2. The highest BCUT2D eigenvalue weighted by Gasteiger charge is 2.14. The number of halogens is 1. The average Bonchev–Trinajstić information content (AvgIpc) is 2.72. The van der Waals surface area contributed by atoms with Gasteiger partial charge in [-0.15, -0.1) is 11.8 Å². The molecule has 5 heteroatoms. The molecule has 0 spiro atoms. The highest BCUT2D eigenvalue weighted by Crippen LogP contribution is 2.29. The summed E-state index contributed by atoms with van der Waals surface area (Å²) >= 11 is 8.11. The number of thioether (sulfide) groups is 1. The molecule has 0 amide bonds. The zero-order valence-corrected chi connectivity index (χ0v) is 12.8. The minimum absolute atomic E-state index is 0.786. The van der Waals surface area contributed by atoms with Crippen molar-refractivity contribution in [3.05, 3.63) is 40.7 Å². The molecule has 0 fully saturated rings. The number of aryl methyl sites for hydroxylation is 2. The second-order valence-corrected chi connectivity index (χ2v) is 5.66. The van der Waals surface area contributed by atoms with E-state index in [2.05, 4.69) is 25.0 Å². The Morgan fingerprint density at radius 1 is 1.37 bits per heavy atom. The van der Waals surface area contributed by atoms with E-state index in [1.165, 1.54) is 0 Å². The zero-order chi connectivity index (χ0) is 13.8. The maximum absolute atomic E-state index is 6.38. The second kappa shape index (κ2) is 6.35. The summed E-state index contributed by atoms with van der Waals surface area (Å²) in [4.78, 5) is 1.15. The van der Waals surface area contributed by atoms with Crippen LogP contribution in [-0.2, 0) is 18.7 Å². The average molecular weight is 296 g/mol. The van der Waals surface area contributed by atoms with E-state index >= 15 is 0 Å². The molecule has 0 aliphatic carbocycles. The number of rotatable bonds is 5. The Morgan fingerprint density at radius 3 is 2.79 bits per heavy atom. The summed E-state index contributed by atoms with van der Waals surface area (Å²) in [5.41, 5.74) is 8.64. The maximum atomic E-state index is 6.38. The summed E-state index contributed by atoms with van der Waals surface area (Å²) in [6.45, 7) is 4.99. The Labute approximate surface area is 123 Å². The molecule has 0 aliphatic heterocycles. The molecule has 1 aromatic heterocycles. The van der Waals surface area contributed by atoms with Gasteiger partial charge >= 0.3 is 0 Å². The van der Waals surface area contributed by atoms with Gasteiger partial charge in [0.15, 0.2) is 0 Å². The van der Waals surface area contributed by atoms with Crippen molar-refractivity contribution in [2.24, 2.45) is 0 Å². The first-order valence-corrected chi connectivity index (χ1v) is 7.74. The SMILES string of the molecule is CCc1nn(CC)c(CSc2cccc(N)c2)c1Cl. The lowest BCUT2D eigenvalue weighted by atomic mass is 10.3. The van der Waals surface area contributed by atoms with Crippen LogP contribution in [-0.4, -0.2) is 9.78 Å². The summed E-state index contributed by atoms with van der Waals surface area (Å²) in [6.07, 6.45) is 0.863. The molecule has 0 atom stereocenters. The predicted octanol–water partition coefficient (Wildman–Crippen LogP) is 3.99. The summed E-state index contributed by atoms with van der Waals surface area (Å²) in [5, 5.41) is 5.33. The number of hydrogen-bond acceptors (Lipinski definition) is 3. The van der Waals surface area contributed by atoms with Crippen LogP contribution < -0.4 is 5.73 Å². The number of nitrogen functional groups attached to an aromatic ring is 1. The fourth-order valence-electron chi connectivity index (χ4n) is 1.91. The first kappa shape index (κ1) is 14.3. The van der Waals surface area contributed by atoms with Gasteiger partial charge < -0.3 is 5.73 Å². The molecule has 0 aliphatic rings. The molecule has 102 valence electrons. The van der Waals surface area contributed by atoms with Gasteiger partial charge in [-0.1, -0.05) is 24.6 Å². The maximum Gasteiger partial charge on any atom is 0.0858 e. The van der Waals surface area contributed by atoms with Gasteiger partial charge in [-0.25, -0.2) is 0 Å². The van der Waals surface area contributed by atoms with Gasteiger partial charge in [0.2, 0.25) is 0 Å². The van der Waals surface area contributed by atoms with E-state index in [1.54, 1.807) is 11.8 Å². The van der Waals surface area contributed by atoms with E-state index in [9.17, 15) is 0 Å². The van der Waals surface area contributed by atoms with Gasteiger partial charge in [0, 0.05) is 22.9 Å². The highest BCUT2D eigenvalue weighted by molar-refractivity contribution is 7.98. The van der Waals surface area contributed by atoms with Crippen LogP contribution in [0.1, 0.15) is 25.2 Å². The molecule has 0 saturated heterocycles. The monoisotopic (exact) mass is 295 g/mol. The van der Waals surface area contributed by atoms with Gasteiger partial charge in [0.1, 0.15) is 0 Å². The van der Waals surface area contributed by atoms with Crippen LogP contribution >= 0.6 is 23.4 Å². The fraction of sp³-hybridized carbons (Fsp3) is 0.357. The highest BCUT2D eigenvalue weighted by atomic mass is 35.5. The Balaban J connectivity index is 2.17. The molecule has 0 bridgehead atoms. The minimum Gasteiger partial charge on any atom is -0.399 e. The number of nitrogens with two attached hydrogens (primary N) is 1. The molecule has 2 N–H and O–H groups in total. The molecular formula is C14H18ClN3S. The fourth-order valence-corrected chi connectivity index (χ4v) is 3.32. The topological polar surface area (TPSA) is 43.8 Å². The number of nitrogens with zero attached hydrogens (tertiary/aromatic N) is 2. The molecular weight excluding hydrogens is 278 g/mol. The van der Waals surface area contributed by atoms with Crippen LogP contribution in [0.25, 0.3) is 0 Å². The van der Waals surface area contributed by atoms with Crippen molar-refractivity contribution < 1.29 is 0 Å². The first-order chi connectivity index (χ1) is 9.15. The normalized spacial score (nSPS) is 10.9. The molecule has 0 saturated carbocycles. The van der Waals surface area contributed by atoms with Crippen molar-refractivity contribution in [3.63, 3.8) is 0 Å². The van der Waals surface area contributed by atoms with Crippen molar-refractivity contribution in [1.82, 2.24) is 9.78 Å². The third-order valence-corrected chi connectivity index (χ3v) is 4.37. The lowest BCUT2D eigenvalue weighted by Gasteiger charge is -2.06. The second-order valence-electron chi connectivity index (χ2n) is 4.24. The van der Waals surface area contributed by atoms with Crippen LogP contribution in [0.5, 0.6) is 0 Å². The molecule has 19 heavy (non-hydrogen) atoms. The van der Waals surface area contributed by atoms with Crippen molar-refractivity contribution in [2.45, 2.75) is 37.5 Å². The van der Waals surface area contributed by atoms with Crippen LogP contribution in [0, 0.1) is 0 Å². The van der Waals surface area contributed by atoms with Crippen LogP contribution in [0.15, 0.2) is 29.2 Å².